The molecule has 1 saturated carbocycles. The van der Waals surface area contributed by atoms with E-state index in [2.05, 4.69) is 47.0 Å². The first-order chi connectivity index (χ1) is 24.3. The van der Waals surface area contributed by atoms with Gasteiger partial charge >= 0.3 is 297 Å². The standard InChI is InChI=1S/C38H66IN6O7/c1-11-13-17-27(29(46)32(47)40-20-12-2)42-33(48)31-39-26(25(5)6)22-45(31)34(49)30(38(10)18-15-14-16-19-38)44-35(50)43-28(37(7,8)9)23-52-36(51)41-21-24(3)4/h12,24-28,30-31H,2,11,13-23H2,1,3-10H3,(H,40,47)(H,41,51)(H,42,48)(H2,43,44,50)/q-1/t26-,27?,28?,30?,31?/m1/s1. The van der Waals surface area contributed by atoms with Crippen LogP contribution in [0.15, 0.2) is 12.7 Å². The zero-order valence-corrected chi connectivity index (χ0v) is 35.2. The Kier molecular flexibility index (Phi) is 18.4. The number of rotatable bonds is 18. The Morgan fingerprint density at radius 1 is 0.981 bits per heavy atom. The maximum absolute atomic E-state index is 14.8. The van der Waals surface area contributed by atoms with E-state index in [0.29, 0.717) is 25.9 Å². The minimum atomic E-state index is -1.02. The topological polar surface area (TPSA) is 175 Å². The molecule has 14 heteroatoms. The molecule has 2 fully saturated rings. The van der Waals surface area contributed by atoms with Crippen LogP contribution in [0, 0.1) is 22.7 Å². The summed E-state index contributed by atoms with van der Waals surface area (Å²) in [5, 5.41) is 14.1. The summed E-state index contributed by atoms with van der Waals surface area (Å²) in [7, 11) is 0. The van der Waals surface area contributed by atoms with Gasteiger partial charge in [0.05, 0.1) is 0 Å². The van der Waals surface area contributed by atoms with Crippen LogP contribution in [0.2, 0.25) is 0 Å². The molecule has 2 aliphatic rings. The van der Waals surface area contributed by atoms with Crippen molar-refractivity contribution in [3.63, 3.8) is 0 Å². The van der Waals surface area contributed by atoms with Gasteiger partial charge in [-0.1, -0.05) is 13.8 Å². The van der Waals surface area contributed by atoms with Crippen LogP contribution in [0.4, 0.5) is 9.59 Å². The van der Waals surface area contributed by atoms with Crippen molar-refractivity contribution in [2.24, 2.45) is 22.7 Å². The zero-order valence-electron chi connectivity index (χ0n) is 33.0. The summed E-state index contributed by atoms with van der Waals surface area (Å²) in [6.07, 6.45) is 6.93. The number of ether oxygens (including phenoxy) is 1. The fourth-order valence-corrected chi connectivity index (χ4v) is 10.1. The number of nitrogens with one attached hydrogen (secondary N) is 5. The van der Waals surface area contributed by atoms with Crippen molar-refractivity contribution < 1.29 is 54.7 Å². The van der Waals surface area contributed by atoms with Gasteiger partial charge in [0.1, 0.15) is 0 Å². The molecule has 1 aliphatic heterocycles. The molecule has 5 atom stereocenters. The molecule has 0 aromatic rings. The second kappa shape index (κ2) is 21.1. The maximum atomic E-state index is 14.8. The number of hydrogen-bond acceptors (Lipinski definition) is 7. The molecule has 1 aliphatic carbocycles. The molecule has 0 radical (unpaired) electrons. The van der Waals surface area contributed by atoms with E-state index in [9.17, 15) is 28.8 Å². The van der Waals surface area contributed by atoms with Crippen molar-refractivity contribution in [3.05, 3.63) is 12.7 Å². The number of halogens is 1. The predicted molar refractivity (Wildman–Crippen MR) is 198 cm³/mol. The Morgan fingerprint density at radius 2 is 1.63 bits per heavy atom. The van der Waals surface area contributed by atoms with E-state index in [1.165, 1.54) is 6.08 Å². The molecule has 0 aromatic heterocycles. The zero-order chi connectivity index (χ0) is 39.2. The van der Waals surface area contributed by atoms with Crippen molar-refractivity contribution in [2.45, 2.75) is 140 Å². The number of nitrogens with zero attached hydrogens (tertiary/aromatic N) is 1. The first kappa shape index (κ1) is 45.2. The third kappa shape index (κ3) is 13.8. The average Bonchev–Trinajstić information content (AvgIpc) is 3.54. The molecule has 0 aromatic carbocycles. The number of carbonyl (C=O) groups is 6. The van der Waals surface area contributed by atoms with E-state index < -0.39 is 83.9 Å². The van der Waals surface area contributed by atoms with Crippen LogP contribution in [-0.2, 0) is 23.9 Å². The summed E-state index contributed by atoms with van der Waals surface area (Å²) >= 11 is -0.881. The van der Waals surface area contributed by atoms with Crippen LogP contribution < -0.4 is 47.8 Å². The average molecular weight is 846 g/mol. The monoisotopic (exact) mass is 845 g/mol. The molecule has 0 bridgehead atoms. The van der Waals surface area contributed by atoms with Crippen LogP contribution in [0.3, 0.4) is 0 Å². The number of hydrogen-bond donors (Lipinski definition) is 5. The summed E-state index contributed by atoms with van der Waals surface area (Å²) in [6, 6.07) is -3.05. The van der Waals surface area contributed by atoms with Crippen molar-refractivity contribution in [1.29, 1.82) is 0 Å². The molecule has 13 nitrogen and oxygen atoms in total. The van der Waals surface area contributed by atoms with Gasteiger partial charge in [-0.15, -0.1) is 0 Å². The number of carbonyl (C=O) groups excluding carboxylic acids is 6. The number of urea groups is 1. The molecular weight excluding hydrogens is 779 g/mol. The van der Waals surface area contributed by atoms with Gasteiger partial charge in [-0.2, -0.15) is 0 Å². The minimum absolute atomic E-state index is 0.0604. The molecule has 6 amide bonds. The number of alkyl halides is 2. The van der Waals surface area contributed by atoms with Gasteiger partial charge in [-0.05, 0) is 5.92 Å². The van der Waals surface area contributed by atoms with Gasteiger partial charge in [-0.3, -0.25) is 0 Å². The summed E-state index contributed by atoms with van der Waals surface area (Å²) in [5.74, 6) is -1.80. The van der Waals surface area contributed by atoms with Gasteiger partial charge in [0, 0.05) is 6.54 Å². The molecular formula is C38H66IN6O7-. The van der Waals surface area contributed by atoms with Crippen LogP contribution >= 0.6 is 0 Å². The third-order valence-electron chi connectivity index (χ3n) is 9.86. The summed E-state index contributed by atoms with van der Waals surface area (Å²) < 4.78 is 4.82. The molecule has 52 heavy (non-hydrogen) atoms. The van der Waals surface area contributed by atoms with Crippen molar-refractivity contribution >= 4 is 35.6 Å². The van der Waals surface area contributed by atoms with E-state index in [1.54, 1.807) is 4.90 Å². The van der Waals surface area contributed by atoms with Crippen molar-refractivity contribution in [1.82, 2.24) is 31.5 Å². The van der Waals surface area contributed by atoms with Crippen LogP contribution in [0.25, 0.3) is 0 Å². The SMILES string of the molecule is C=CCNC(=O)C(=O)C(CCCC)NC(=O)C1[I-][C@@H](C(C)C)CN1C(=O)C(NC(=O)NC(COC(=O)NCC(C)C)C(C)(C)C)C1(C)CCCCC1. The van der Waals surface area contributed by atoms with Crippen LogP contribution in [0.1, 0.15) is 114 Å². The number of unbranched alkanes of at least 4 members (excludes halogenated alkanes) is 1. The van der Waals surface area contributed by atoms with Gasteiger partial charge in [0.25, 0.3) is 0 Å². The van der Waals surface area contributed by atoms with Crippen molar-refractivity contribution in [2.75, 3.05) is 26.2 Å². The first-order valence-electron chi connectivity index (χ1n) is 19.0. The Hall–Kier alpha value is -2.91. The predicted octanol–water partition coefficient (Wildman–Crippen LogP) is 1.25. The van der Waals surface area contributed by atoms with Gasteiger partial charge in [-0.25, -0.2) is 0 Å². The van der Waals surface area contributed by atoms with E-state index in [-0.39, 0.29) is 34.8 Å². The Balaban J connectivity index is 2.38. The second-order valence-corrected chi connectivity index (χ2v) is 19.8. The van der Waals surface area contributed by atoms with Crippen LogP contribution in [0.5, 0.6) is 0 Å². The quantitative estimate of drug-likeness (QED) is 0.0454. The first-order valence-corrected chi connectivity index (χ1v) is 21.5. The summed E-state index contributed by atoms with van der Waals surface area (Å²) in [6.45, 7) is 22.4. The fraction of sp³-hybridized carbons (Fsp3) is 0.789. The number of Topliss-reactive ketones (excluding diaryl/α,β-unsaturated/α-hetero) is 1. The fourth-order valence-electron chi connectivity index (χ4n) is 6.31. The summed E-state index contributed by atoms with van der Waals surface area (Å²) in [5.41, 5.74) is -1.04. The molecule has 2 rings (SSSR count). The normalized spacial score (nSPS) is 20.5. The number of amides is 6. The molecule has 5 N–H and O–H groups in total. The molecule has 4 unspecified atom stereocenters. The van der Waals surface area contributed by atoms with E-state index in [1.807, 2.05) is 48.5 Å². The second-order valence-electron chi connectivity index (χ2n) is 16.3. The van der Waals surface area contributed by atoms with Crippen molar-refractivity contribution in [3.8, 4) is 0 Å². The van der Waals surface area contributed by atoms with Gasteiger partial charge in [0.15, 0.2) is 0 Å². The molecule has 1 heterocycles. The Labute approximate surface area is 322 Å². The van der Waals surface area contributed by atoms with E-state index in [0.717, 1.165) is 38.5 Å². The van der Waals surface area contributed by atoms with E-state index in [4.69, 9.17) is 4.74 Å². The third-order valence-corrected chi connectivity index (χ3v) is 14.5. The molecule has 1 saturated heterocycles. The Morgan fingerprint density at radius 3 is 2.19 bits per heavy atom. The number of alkyl carbamates (subject to hydrolysis) is 1. The van der Waals surface area contributed by atoms with Gasteiger partial charge < -0.3 is 0 Å². The summed E-state index contributed by atoms with van der Waals surface area (Å²) in [4.78, 5) is 82.4. The Bertz CT molecular complexity index is 1250. The molecule has 0 spiro atoms. The van der Waals surface area contributed by atoms with Gasteiger partial charge in [0.2, 0.25) is 0 Å². The van der Waals surface area contributed by atoms with E-state index >= 15 is 0 Å². The molecule has 298 valence electrons. The van der Waals surface area contributed by atoms with Crippen LogP contribution in [-0.4, -0.2) is 92.9 Å². The number of ketones is 1.